The van der Waals surface area contributed by atoms with E-state index in [1.165, 1.54) is 0 Å². The van der Waals surface area contributed by atoms with Crippen molar-refractivity contribution in [1.82, 2.24) is 20.1 Å². The lowest BCUT2D eigenvalue weighted by atomic mass is 9.95. The molecule has 1 fully saturated rings. The van der Waals surface area contributed by atoms with Gasteiger partial charge in [-0.3, -0.25) is 14.7 Å². The number of hydrogen-bond donors (Lipinski definition) is 2. The van der Waals surface area contributed by atoms with Crippen molar-refractivity contribution in [1.29, 1.82) is 0 Å². The summed E-state index contributed by atoms with van der Waals surface area (Å²) in [6.45, 7) is 3.02. The van der Waals surface area contributed by atoms with E-state index in [1.54, 1.807) is 23.2 Å². The lowest BCUT2D eigenvalue weighted by Gasteiger charge is -2.30. The van der Waals surface area contributed by atoms with Crippen molar-refractivity contribution in [3.05, 3.63) is 64.4 Å². The van der Waals surface area contributed by atoms with E-state index in [0.717, 1.165) is 21.3 Å². The number of nitrogens with zero attached hydrogens (tertiary/aromatic N) is 3. The molecule has 3 heterocycles. The Labute approximate surface area is 183 Å². The minimum Gasteiger partial charge on any atom is -0.337 e. The van der Waals surface area contributed by atoms with Gasteiger partial charge in [-0.2, -0.15) is 5.10 Å². The second kappa shape index (κ2) is 8.79. The van der Waals surface area contributed by atoms with E-state index in [1.807, 2.05) is 37.3 Å². The van der Waals surface area contributed by atoms with Crippen LogP contribution in [-0.4, -0.2) is 45.0 Å². The van der Waals surface area contributed by atoms with E-state index >= 15 is 0 Å². The van der Waals surface area contributed by atoms with E-state index in [2.05, 4.69) is 36.4 Å². The summed E-state index contributed by atoms with van der Waals surface area (Å²) in [4.78, 5) is 31.3. The van der Waals surface area contributed by atoms with Crippen molar-refractivity contribution < 1.29 is 9.59 Å². The molecule has 1 aliphatic rings. The number of H-pyrrole nitrogens is 1. The van der Waals surface area contributed by atoms with Crippen LogP contribution in [0.4, 0.5) is 5.82 Å². The first-order chi connectivity index (χ1) is 14.5. The number of carbonyl (C=O) groups excluding carboxylic acids is 2. The maximum Gasteiger partial charge on any atom is 0.271 e. The van der Waals surface area contributed by atoms with Crippen LogP contribution in [0.25, 0.3) is 11.3 Å². The van der Waals surface area contributed by atoms with Gasteiger partial charge in [-0.05, 0) is 49.6 Å². The zero-order valence-corrected chi connectivity index (χ0v) is 18.1. The fourth-order valence-electron chi connectivity index (χ4n) is 3.48. The molecule has 2 aromatic heterocycles. The summed E-state index contributed by atoms with van der Waals surface area (Å²) in [6, 6.07) is 13.3. The van der Waals surface area contributed by atoms with Gasteiger partial charge in [-0.25, -0.2) is 4.98 Å². The largest absolute Gasteiger partial charge is 0.337 e. The molecular weight excluding hydrogens is 446 g/mol. The second-order valence-electron chi connectivity index (χ2n) is 7.45. The second-order valence-corrected chi connectivity index (χ2v) is 8.37. The molecule has 2 N–H and O–H groups in total. The first-order valence-corrected chi connectivity index (χ1v) is 10.6. The molecule has 3 aromatic rings. The molecule has 0 atom stereocenters. The summed E-state index contributed by atoms with van der Waals surface area (Å²) in [6.07, 6.45) is 2.97. The predicted molar refractivity (Wildman–Crippen MR) is 118 cm³/mol. The number of aromatic nitrogens is 3. The summed E-state index contributed by atoms with van der Waals surface area (Å²) < 4.78 is 0.989. The fraction of sp³-hybridized carbons (Fsp3) is 0.273. The maximum atomic E-state index is 12.8. The molecule has 0 unspecified atom stereocenters. The van der Waals surface area contributed by atoms with E-state index < -0.39 is 0 Å². The molecule has 8 heteroatoms. The lowest BCUT2D eigenvalue weighted by molar-refractivity contribution is -0.121. The quantitative estimate of drug-likeness (QED) is 0.605. The molecule has 0 spiro atoms. The maximum absolute atomic E-state index is 12.8. The van der Waals surface area contributed by atoms with Crippen LogP contribution in [0.1, 0.15) is 28.9 Å². The van der Waals surface area contributed by atoms with Crippen molar-refractivity contribution in [2.75, 3.05) is 18.4 Å². The summed E-state index contributed by atoms with van der Waals surface area (Å²) >= 11 is 3.41. The van der Waals surface area contributed by atoms with E-state index in [4.69, 9.17) is 0 Å². The van der Waals surface area contributed by atoms with E-state index in [0.29, 0.717) is 37.4 Å². The Morgan fingerprint density at radius 3 is 2.53 bits per heavy atom. The Morgan fingerprint density at radius 1 is 1.13 bits per heavy atom. The van der Waals surface area contributed by atoms with Gasteiger partial charge in [0.25, 0.3) is 5.91 Å². The molecule has 1 aliphatic heterocycles. The fourth-order valence-corrected chi connectivity index (χ4v) is 3.75. The summed E-state index contributed by atoms with van der Waals surface area (Å²) in [5.41, 5.74) is 3.17. The zero-order valence-electron chi connectivity index (χ0n) is 16.6. The Morgan fingerprint density at radius 2 is 1.87 bits per heavy atom. The number of amides is 2. The van der Waals surface area contributed by atoms with E-state index in [9.17, 15) is 9.59 Å². The third-order valence-electron chi connectivity index (χ3n) is 5.26. The third-order valence-corrected chi connectivity index (χ3v) is 5.79. The number of hydrogen-bond acceptors (Lipinski definition) is 4. The Balaban J connectivity index is 1.33. The number of likely N-dealkylation sites (tertiary alicyclic amines) is 1. The van der Waals surface area contributed by atoms with Gasteiger partial charge in [0.15, 0.2) is 0 Å². The van der Waals surface area contributed by atoms with Crippen LogP contribution in [0.3, 0.4) is 0 Å². The molecule has 2 amide bonds. The Hall–Kier alpha value is -3.00. The van der Waals surface area contributed by atoms with Gasteiger partial charge in [0.05, 0.1) is 5.69 Å². The highest BCUT2D eigenvalue weighted by molar-refractivity contribution is 9.10. The molecule has 0 saturated carbocycles. The number of carbonyl (C=O) groups is 2. The van der Waals surface area contributed by atoms with Crippen molar-refractivity contribution in [3.8, 4) is 11.3 Å². The van der Waals surface area contributed by atoms with Crippen LogP contribution >= 0.6 is 15.9 Å². The van der Waals surface area contributed by atoms with E-state index in [-0.39, 0.29) is 17.7 Å². The molecule has 4 rings (SSSR count). The number of benzene rings is 1. The Bertz CT molecular complexity index is 1040. The van der Waals surface area contributed by atoms with Gasteiger partial charge in [0.2, 0.25) is 5.91 Å². The number of nitrogens with one attached hydrogen (secondary N) is 2. The summed E-state index contributed by atoms with van der Waals surface area (Å²) in [7, 11) is 0. The average molecular weight is 468 g/mol. The molecule has 1 aromatic carbocycles. The van der Waals surface area contributed by atoms with Crippen LogP contribution in [0.2, 0.25) is 0 Å². The molecule has 0 aliphatic carbocycles. The number of aryl methyl sites for hydroxylation is 1. The molecular formula is C22H22BrN5O2. The molecule has 0 bridgehead atoms. The monoisotopic (exact) mass is 467 g/mol. The molecule has 154 valence electrons. The predicted octanol–water partition coefficient (Wildman–Crippen LogP) is 4.03. The highest BCUT2D eigenvalue weighted by Gasteiger charge is 2.28. The van der Waals surface area contributed by atoms with Crippen molar-refractivity contribution in [2.45, 2.75) is 19.8 Å². The van der Waals surface area contributed by atoms with Gasteiger partial charge in [-0.15, -0.1) is 0 Å². The number of anilines is 1. The smallest absolute Gasteiger partial charge is 0.271 e. The average Bonchev–Trinajstić information content (AvgIpc) is 3.26. The standard InChI is InChI=1S/C22H22BrN5O2/c1-14-2-7-20(24-13-14)25-21(29)16-8-10-28(11-9-16)22(30)19-12-18(26-27-19)15-3-5-17(23)6-4-15/h2-7,12-13,16H,8-11H2,1H3,(H,26,27)(H,24,25,29). The number of halogens is 1. The Kier molecular flexibility index (Phi) is 5.94. The molecule has 30 heavy (non-hydrogen) atoms. The SMILES string of the molecule is Cc1ccc(NC(=O)C2CCN(C(=O)c3cc(-c4ccc(Br)cc4)n[nH]3)CC2)nc1. The van der Waals surface area contributed by atoms with Gasteiger partial charge in [-0.1, -0.05) is 34.1 Å². The van der Waals surface area contributed by atoms with Gasteiger partial charge < -0.3 is 10.2 Å². The van der Waals surface area contributed by atoms with Crippen LogP contribution in [0.5, 0.6) is 0 Å². The minimum absolute atomic E-state index is 0.0440. The normalized spacial score (nSPS) is 14.5. The number of aromatic amines is 1. The highest BCUT2D eigenvalue weighted by Crippen LogP contribution is 2.23. The summed E-state index contributed by atoms with van der Waals surface area (Å²) in [5.74, 6) is 0.293. The van der Waals surface area contributed by atoms with Crippen LogP contribution in [0, 0.1) is 12.8 Å². The van der Waals surface area contributed by atoms with Crippen LogP contribution in [0.15, 0.2) is 53.1 Å². The van der Waals surface area contributed by atoms with Crippen LogP contribution in [-0.2, 0) is 4.79 Å². The van der Waals surface area contributed by atoms with Crippen LogP contribution < -0.4 is 5.32 Å². The third kappa shape index (κ3) is 4.59. The topological polar surface area (TPSA) is 91.0 Å². The van der Waals surface area contributed by atoms with Crippen molar-refractivity contribution in [2.24, 2.45) is 5.92 Å². The van der Waals surface area contributed by atoms with Gasteiger partial charge >= 0.3 is 0 Å². The van der Waals surface area contributed by atoms with Crippen molar-refractivity contribution in [3.63, 3.8) is 0 Å². The molecule has 1 saturated heterocycles. The number of pyridine rings is 1. The molecule has 7 nitrogen and oxygen atoms in total. The summed E-state index contributed by atoms with van der Waals surface area (Å²) in [5, 5.41) is 9.98. The van der Waals surface area contributed by atoms with Gasteiger partial charge in [0.1, 0.15) is 11.5 Å². The molecule has 0 radical (unpaired) electrons. The lowest BCUT2D eigenvalue weighted by Crippen LogP contribution is -2.41. The first-order valence-electron chi connectivity index (χ1n) is 9.84. The highest BCUT2D eigenvalue weighted by atomic mass is 79.9. The minimum atomic E-state index is -0.128. The number of piperidine rings is 1. The van der Waals surface area contributed by atoms with Crippen molar-refractivity contribution >= 4 is 33.6 Å². The first kappa shape index (κ1) is 20.3. The van der Waals surface area contributed by atoms with Gasteiger partial charge in [0, 0.05) is 35.2 Å². The zero-order chi connectivity index (χ0) is 21.1. The number of rotatable bonds is 4.